The molecule has 0 amide bonds. The molecule has 1 aliphatic rings. The van der Waals surface area contributed by atoms with Crippen LogP contribution in [0.1, 0.15) is 24.6 Å². The van der Waals surface area contributed by atoms with Gasteiger partial charge in [0.2, 0.25) is 5.95 Å². The summed E-state index contributed by atoms with van der Waals surface area (Å²) in [6, 6.07) is 6.07. The molecule has 1 aromatic carbocycles. The minimum absolute atomic E-state index is 0.0354. The molecule has 0 aliphatic heterocycles. The number of aromatic nitrogens is 3. The zero-order valence-corrected chi connectivity index (χ0v) is 9.98. The summed E-state index contributed by atoms with van der Waals surface area (Å²) in [5.41, 5.74) is 6.40. The average molecular weight is 257 g/mol. The van der Waals surface area contributed by atoms with E-state index in [1.165, 1.54) is 12.1 Å². The maximum absolute atomic E-state index is 10.6. The third-order valence-electron chi connectivity index (χ3n) is 2.95. The Balaban J connectivity index is 1.98. The van der Waals surface area contributed by atoms with Crippen molar-refractivity contribution in [1.82, 2.24) is 15.0 Å². The monoisotopic (exact) mass is 257 g/mol. The third-order valence-corrected chi connectivity index (χ3v) is 2.95. The molecule has 0 spiro atoms. The molecule has 7 heteroatoms. The molecule has 7 nitrogen and oxygen atoms in total. The lowest BCUT2D eigenvalue weighted by molar-refractivity contribution is -0.384. The highest BCUT2D eigenvalue weighted by Gasteiger charge is 2.27. The zero-order valence-electron chi connectivity index (χ0n) is 9.98. The van der Waals surface area contributed by atoms with Gasteiger partial charge in [-0.3, -0.25) is 10.1 Å². The maximum atomic E-state index is 10.6. The van der Waals surface area contributed by atoms with E-state index in [-0.39, 0.29) is 11.6 Å². The molecule has 2 N–H and O–H groups in total. The summed E-state index contributed by atoms with van der Waals surface area (Å²) in [6.45, 7) is 0. The molecular formula is C12H11N5O2. The lowest BCUT2D eigenvalue weighted by atomic mass is 10.2. The van der Waals surface area contributed by atoms with Crippen molar-refractivity contribution in [2.45, 2.75) is 18.8 Å². The van der Waals surface area contributed by atoms with Crippen LogP contribution in [0.4, 0.5) is 11.6 Å². The van der Waals surface area contributed by atoms with E-state index in [0.29, 0.717) is 23.1 Å². The molecule has 1 fully saturated rings. The predicted octanol–water partition coefficient (Wildman–Crippen LogP) is 1.91. The molecule has 1 heterocycles. The molecule has 19 heavy (non-hydrogen) atoms. The number of nitrogens with zero attached hydrogens (tertiary/aromatic N) is 4. The SMILES string of the molecule is Nc1nc(-c2ccc([N+](=O)[O-])cc2)nc(C2CC2)n1. The summed E-state index contributed by atoms with van der Waals surface area (Å²) in [4.78, 5) is 22.7. The minimum Gasteiger partial charge on any atom is -0.368 e. The Kier molecular flexibility index (Phi) is 2.59. The molecule has 2 aromatic rings. The van der Waals surface area contributed by atoms with Gasteiger partial charge in [-0.2, -0.15) is 9.97 Å². The Bertz CT molecular complexity index is 637. The van der Waals surface area contributed by atoms with Crippen molar-refractivity contribution >= 4 is 11.6 Å². The fourth-order valence-electron chi connectivity index (χ4n) is 1.79. The van der Waals surface area contributed by atoms with E-state index in [2.05, 4.69) is 15.0 Å². The van der Waals surface area contributed by atoms with Gasteiger partial charge in [-0.1, -0.05) is 0 Å². The average Bonchev–Trinajstić information content (AvgIpc) is 3.22. The van der Waals surface area contributed by atoms with Gasteiger partial charge >= 0.3 is 0 Å². The van der Waals surface area contributed by atoms with Crippen molar-refractivity contribution in [2.75, 3.05) is 5.73 Å². The van der Waals surface area contributed by atoms with Gasteiger partial charge in [-0.15, -0.1) is 0 Å². The molecule has 1 aromatic heterocycles. The van der Waals surface area contributed by atoms with Gasteiger partial charge in [0.1, 0.15) is 5.82 Å². The molecular weight excluding hydrogens is 246 g/mol. The largest absolute Gasteiger partial charge is 0.368 e. The molecule has 1 aliphatic carbocycles. The Morgan fingerprint density at radius 3 is 2.42 bits per heavy atom. The van der Waals surface area contributed by atoms with Gasteiger partial charge in [0.15, 0.2) is 5.82 Å². The van der Waals surface area contributed by atoms with E-state index in [9.17, 15) is 10.1 Å². The first kappa shape index (κ1) is 11.5. The minimum atomic E-state index is -0.443. The molecule has 3 rings (SSSR count). The smallest absolute Gasteiger partial charge is 0.269 e. The summed E-state index contributed by atoms with van der Waals surface area (Å²) in [5.74, 6) is 1.73. The highest BCUT2D eigenvalue weighted by atomic mass is 16.6. The van der Waals surface area contributed by atoms with Crippen LogP contribution >= 0.6 is 0 Å². The van der Waals surface area contributed by atoms with Crippen LogP contribution in [0.15, 0.2) is 24.3 Å². The Hall–Kier alpha value is -2.57. The van der Waals surface area contributed by atoms with Crippen LogP contribution in [0.3, 0.4) is 0 Å². The van der Waals surface area contributed by atoms with Crippen LogP contribution in [-0.4, -0.2) is 19.9 Å². The second-order valence-electron chi connectivity index (χ2n) is 4.45. The van der Waals surface area contributed by atoms with Gasteiger partial charge in [0.25, 0.3) is 5.69 Å². The number of nitro benzene ring substituents is 1. The normalized spacial score (nSPS) is 14.3. The fraction of sp³-hybridized carbons (Fsp3) is 0.250. The molecule has 0 atom stereocenters. The van der Waals surface area contributed by atoms with Crippen LogP contribution in [-0.2, 0) is 0 Å². The molecule has 96 valence electrons. The Labute approximate surface area is 108 Å². The standard InChI is InChI=1S/C12H11N5O2/c13-12-15-10(7-1-2-7)14-11(16-12)8-3-5-9(6-4-8)17(18)19/h3-7H,1-2H2,(H2,13,14,15,16). The van der Waals surface area contributed by atoms with Crippen molar-refractivity contribution < 1.29 is 4.92 Å². The first-order chi connectivity index (χ1) is 9.13. The highest BCUT2D eigenvalue weighted by Crippen LogP contribution is 2.38. The molecule has 0 saturated heterocycles. The van der Waals surface area contributed by atoms with E-state index >= 15 is 0 Å². The van der Waals surface area contributed by atoms with E-state index in [1.54, 1.807) is 12.1 Å². The van der Waals surface area contributed by atoms with E-state index in [1.807, 2.05) is 0 Å². The Morgan fingerprint density at radius 2 is 1.84 bits per heavy atom. The number of hydrogen-bond acceptors (Lipinski definition) is 6. The number of nitrogens with two attached hydrogens (primary N) is 1. The third kappa shape index (κ3) is 2.35. The van der Waals surface area contributed by atoms with Crippen molar-refractivity contribution in [3.8, 4) is 11.4 Å². The number of hydrogen-bond donors (Lipinski definition) is 1. The predicted molar refractivity (Wildman–Crippen MR) is 68.3 cm³/mol. The van der Waals surface area contributed by atoms with Gasteiger partial charge in [0.05, 0.1) is 4.92 Å². The van der Waals surface area contributed by atoms with E-state index in [0.717, 1.165) is 12.8 Å². The number of rotatable bonds is 3. The first-order valence-corrected chi connectivity index (χ1v) is 5.90. The molecule has 0 bridgehead atoms. The van der Waals surface area contributed by atoms with Crippen molar-refractivity contribution in [1.29, 1.82) is 0 Å². The zero-order chi connectivity index (χ0) is 13.4. The van der Waals surface area contributed by atoms with Crippen molar-refractivity contribution in [3.05, 3.63) is 40.2 Å². The van der Waals surface area contributed by atoms with Crippen LogP contribution in [0.5, 0.6) is 0 Å². The van der Waals surface area contributed by atoms with Crippen molar-refractivity contribution in [2.24, 2.45) is 0 Å². The highest BCUT2D eigenvalue weighted by molar-refractivity contribution is 5.58. The summed E-state index contributed by atoms with van der Waals surface area (Å²) in [5, 5.41) is 10.6. The molecule has 0 unspecified atom stereocenters. The van der Waals surface area contributed by atoms with Crippen LogP contribution < -0.4 is 5.73 Å². The van der Waals surface area contributed by atoms with Crippen molar-refractivity contribution in [3.63, 3.8) is 0 Å². The van der Waals surface area contributed by atoms with E-state index < -0.39 is 4.92 Å². The van der Waals surface area contributed by atoms with Crippen LogP contribution in [0.2, 0.25) is 0 Å². The quantitative estimate of drug-likeness (QED) is 0.664. The number of anilines is 1. The van der Waals surface area contributed by atoms with Gasteiger partial charge in [0, 0.05) is 23.6 Å². The Morgan fingerprint density at radius 1 is 1.16 bits per heavy atom. The fourth-order valence-corrected chi connectivity index (χ4v) is 1.79. The molecule has 1 saturated carbocycles. The number of non-ortho nitro benzene ring substituents is 1. The summed E-state index contributed by atoms with van der Waals surface area (Å²) in [6.07, 6.45) is 2.15. The van der Waals surface area contributed by atoms with Gasteiger partial charge in [-0.25, -0.2) is 4.98 Å². The summed E-state index contributed by atoms with van der Waals surface area (Å²) >= 11 is 0. The van der Waals surface area contributed by atoms with Gasteiger partial charge in [-0.05, 0) is 25.0 Å². The maximum Gasteiger partial charge on any atom is 0.269 e. The first-order valence-electron chi connectivity index (χ1n) is 5.90. The molecule has 0 radical (unpaired) electrons. The van der Waals surface area contributed by atoms with Gasteiger partial charge < -0.3 is 5.73 Å². The second kappa shape index (κ2) is 4.27. The summed E-state index contributed by atoms with van der Waals surface area (Å²) in [7, 11) is 0. The lowest BCUT2D eigenvalue weighted by Crippen LogP contribution is -2.04. The lowest BCUT2D eigenvalue weighted by Gasteiger charge is -2.03. The number of nitro groups is 1. The van der Waals surface area contributed by atoms with Crippen LogP contribution in [0, 0.1) is 10.1 Å². The topological polar surface area (TPSA) is 108 Å². The van der Waals surface area contributed by atoms with E-state index in [4.69, 9.17) is 5.73 Å². The van der Waals surface area contributed by atoms with Crippen LogP contribution in [0.25, 0.3) is 11.4 Å². The summed E-state index contributed by atoms with van der Waals surface area (Å²) < 4.78 is 0. The second-order valence-corrected chi connectivity index (χ2v) is 4.45. The number of benzene rings is 1. The number of nitrogen functional groups attached to an aromatic ring is 1.